The molecule has 0 heterocycles. The summed E-state index contributed by atoms with van der Waals surface area (Å²) >= 11 is 0. The van der Waals surface area contributed by atoms with Gasteiger partial charge in [0.1, 0.15) is 6.61 Å². The molecule has 0 aliphatic heterocycles. The Bertz CT molecular complexity index is 823. The molecule has 8 nitrogen and oxygen atoms in total. The lowest BCUT2D eigenvalue weighted by atomic mass is 10.0. The van der Waals surface area contributed by atoms with Crippen molar-refractivity contribution in [2.45, 2.75) is 245 Å². The third-order valence-electron chi connectivity index (χ3n) is 10.1. The smallest absolute Gasteiger partial charge is 0.462 e. The van der Waals surface area contributed by atoms with Gasteiger partial charge in [-0.05, 0) is 12.8 Å². The monoisotopic (exact) mass is 761 g/mol. The van der Waals surface area contributed by atoms with Crippen LogP contribution in [0.1, 0.15) is 239 Å². The Morgan fingerprint density at radius 1 is 0.462 bits per heavy atom. The second kappa shape index (κ2) is 39.7. The van der Waals surface area contributed by atoms with E-state index in [1.165, 1.54) is 173 Å². The van der Waals surface area contributed by atoms with E-state index in [1.54, 1.807) is 0 Å². The first-order valence-electron chi connectivity index (χ1n) is 22.2. The fraction of sp³-hybridized carbons (Fsp3) is 0.953. The number of carbonyl (C=O) groups excluding carboxylic acids is 2. The molecule has 0 bridgehead atoms. The van der Waals surface area contributed by atoms with Crippen LogP contribution >= 0.6 is 7.82 Å². The van der Waals surface area contributed by atoms with Crippen molar-refractivity contribution in [2.24, 2.45) is 0 Å². The maximum Gasteiger partial charge on any atom is 0.472 e. The van der Waals surface area contributed by atoms with E-state index in [0.29, 0.717) is 6.42 Å². The van der Waals surface area contributed by atoms with E-state index in [-0.39, 0.29) is 19.0 Å². The van der Waals surface area contributed by atoms with Crippen LogP contribution in [0, 0.1) is 0 Å². The van der Waals surface area contributed by atoms with Crippen LogP contribution in [0.4, 0.5) is 0 Å². The Balaban J connectivity index is 3.86. The minimum atomic E-state index is -4.25. The van der Waals surface area contributed by atoms with Crippen LogP contribution in [0.5, 0.6) is 0 Å². The Hall–Kier alpha value is -0.950. The molecule has 0 aliphatic rings. The van der Waals surface area contributed by atoms with Crippen molar-refractivity contribution in [1.82, 2.24) is 0 Å². The van der Waals surface area contributed by atoms with Gasteiger partial charge in [0.25, 0.3) is 0 Å². The van der Waals surface area contributed by atoms with Crippen molar-refractivity contribution in [1.29, 1.82) is 0 Å². The largest absolute Gasteiger partial charge is 0.472 e. The molecule has 0 radical (unpaired) electrons. The van der Waals surface area contributed by atoms with Gasteiger partial charge in [-0.25, -0.2) is 4.57 Å². The van der Waals surface area contributed by atoms with Crippen molar-refractivity contribution in [3.63, 3.8) is 0 Å². The molecule has 0 aromatic carbocycles. The second-order valence-corrected chi connectivity index (χ2v) is 16.8. The second-order valence-electron chi connectivity index (χ2n) is 15.2. The summed E-state index contributed by atoms with van der Waals surface area (Å²) in [4.78, 5) is 34.4. The van der Waals surface area contributed by atoms with E-state index in [9.17, 15) is 19.0 Å². The van der Waals surface area contributed by atoms with Gasteiger partial charge in [-0.1, -0.05) is 213 Å². The van der Waals surface area contributed by atoms with Crippen LogP contribution in [-0.4, -0.2) is 43.3 Å². The summed E-state index contributed by atoms with van der Waals surface area (Å²) in [6.07, 6.45) is 41.7. The molecule has 0 saturated heterocycles. The highest BCUT2D eigenvalue weighted by atomic mass is 31.2. The van der Waals surface area contributed by atoms with E-state index >= 15 is 0 Å². The molecule has 0 saturated carbocycles. The molecule has 0 spiro atoms. The summed E-state index contributed by atoms with van der Waals surface area (Å²) < 4.78 is 32.0. The molecule has 0 rings (SSSR count). The minimum absolute atomic E-state index is 0.217. The van der Waals surface area contributed by atoms with Crippen LogP contribution in [0.15, 0.2) is 0 Å². The van der Waals surface area contributed by atoms with E-state index in [2.05, 4.69) is 18.4 Å². The Kier molecular flexibility index (Phi) is 39.0. The first-order valence-corrected chi connectivity index (χ1v) is 23.7. The number of hydrogen-bond donors (Lipinski definition) is 1. The zero-order valence-corrected chi connectivity index (χ0v) is 35.4. The number of phosphoric ester groups is 1. The summed E-state index contributed by atoms with van der Waals surface area (Å²) in [7, 11) is -3.19. The zero-order valence-electron chi connectivity index (χ0n) is 34.5. The standard InChI is InChI=1S/C43H85O8P/c1-4-6-8-10-12-14-16-17-18-19-20-21-22-23-24-25-26-28-30-32-34-36-38-43(45)51-41(40-50-52(46,47)48-3)39-49-42(44)37-35-33-31-29-27-15-13-11-9-7-5-2/h41H,4-40H2,1-3H3,(H,46,47). The number of phosphoric acid groups is 1. The first-order chi connectivity index (χ1) is 25.3. The van der Waals surface area contributed by atoms with Crippen molar-refractivity contribution in [2.75, 3.05) is 20.3 Å². The highest BCUT2D eigenvalue weighted by Gasteiger charge is 2.24. The van der Waals surface area contributed by atoms with Gasteiger partial charge < -0.3 is 14.4 Å². The lowest BCUT2D eigenvalue weighted by molar-refractivity contribution is -0.161. The normalized spacial score (nSPS) is 13.2. The Morgan fingerprint density at radius 2 is 0.750 bits per heavy atom. The van der Waals surface area contributed by atoms with Gasteiger partial charge in [0.15, 0.2) is 6.10 Å². The van der Waals surface area contributed by atoms with Crippen LogP contribution in [-0.2, 0) is 32.7 Å². The van der Waals surface area contributed by atoms with Gasteiger partial charge >= 0.3 is 19.8 Å². The minimum Gasteiger partial charge on any atom is -0.462 e. The number of hydrogen-bond acceptors (Lipinski definition) is 7. The van der Waals surface area contributed by atoms with E-state index in [1.807, 2.05) is 0 Å². The molecule has 52 heavy (non-hydrogen) atoms. The molecule has 0 amide bonds. The van der Waals surface area contributed by atoms with Crippen LogP contribution < -0.4 is 0 Å². The van der Waals surface area contributed by atoms with Crippen LogP contribution in [0.3, 0.4) is 0 Å². The summed E-state index contributed by atoms with van der Waals surface area (Å²) in [6, 6.07) is 0. The van der Waals surface area contributed by atoms with Gasteiger partial charge in [0, 0.05) is 20.0 Å². The fourth-order valence-electron chi connectivity index (χ4n) is 6.66. The molecular formula is C43H85O8P. The topological polar surface area (TPSA) is 108 Å². The average Bonchev–Trinajstić information content (AvgIpc) is 3.13. The van der Waals surface area contributed by atoms with Crippen LogP contribution in [0.2, 0.25) is 0 Å². The summed E-state index contributed by atoms with van der Waals surface area (Å²) in [6.45, 7) is 3.91. The van der Waals surface area contributed by atoms with Crippen molar-refractivity contribution >= 4 is 19.8 Å². The summed E-state index contributed by atoms with van der Waals surface area (Å²) in [5, 5.41) is 0. The van der Waals surface area contributed by atoms with Gasteiger partial charge in [0.2, 0.25) is 0 Å². The molecule has 2 atom stereocenters. The average molecular weight is 761 g/mol. The van der Waals surface area contributed by atoms with Crippen molar-refractivity contribution in [3.8, 4) is 0 Å². The molecular weight excluding hydrogens is 675 g/mol. The van der Waals surface area contributed by atoms with E-state index < -0.39 is 26.5 Å². The predicted octanol–water partition coefficient (Wildman–Crippen LogP) is 13.9. The Labute approximate surface area is 321 Å². The molecule has 0 aromatic heterocycles. The SMILES string of the molecule is CCCCCCCCCCCCCCCCCCCCCCCCC(=O)OC(COC(=O)CCCCCCCCCCCCC)COP(=O)(O)OC. The Morgan fingerprint density at radius 3 is 1.06 bits per heavy atom. The number of esters is 2. The lowest BCUT2D eigenvalue weighted by Gasteiger charge is -2.19. The molecule has 0 aromatic rings. The number of carbonyl (C=O) groups is 2. The molecule has 2 unspecified atom stereocenters. The molecule has 0 fully saturated rings. The van der Waals surface area contributed by atoms with Crippen molar-refractivity contribution in [3.05, 3.63) is 0 Å². The maximum absolute atomic E-state index is 12.5. The third kappa shape index (κ3) is 38.8. The molecule has 1 N–H and O–H groups in total. The maximum atomic E-state index is 12.5. The quantitative estimate of drug-likeness (QED) is 0.0372. The zero-order chi connectivity index (χ0) is 38.2. The van der Waals surface area contributed by atoms with Crippen LogP contribution in [0.25, 0.3) is 0 Å². The molecule has 310 valence electrons. The van der Waals surface area contributed by atoms with Gasteiger partial charge in [0.05, 0.1) is 6.61 Å². The summed E-state index contributed by atoms with van der Waals surface area (Å²) in [5.41, 5.74) is 0. The van der Waals surface area contributed by atoms with E-state index in [0.717, 1.165) is 45.6 Å². The summed E-state index contributed by atoms with van der Waals surface area (Å²) in [5.74, 6) is -0.788. The number of rotatable bonds is 42. The third-order valence-corrected chi connectivity index (χ3v) is 11.0. The van der Waals surface area contributed by atoms with Crippen molar-refractivity contribution < 1.29 is 37.6 Å². The van der Waals surface area contributed by atoms with E-state index in [4.69, 9.17) is 14.0 Å². The first kappa shape index (κ1) is 51.0. The molecule has 9 heteroatoms. The lowest BCUT2D eigenvalue weighted by Crippen LogP contribution is -2.29. The highest BCUT2D eigenvalue weighted by molar-refractivity contribution is 7.47. The predicted molar refractivity (Wildman–Crippen MR) is 217 cm³/mol. The number of unbranched alkanes of at least 4 members (excludes halogenated alkanes) is 31. The van der Waals surface area contributed by atoms with Gasteiger partial charge in [-0.15, -0.1) is 0 Å². The van der Waals surface area contributed by atoms with Gasteiger partial charge in [-0.3, -0.25) is 18.6 Å². The fourth-order valence-corrected chi connectivity index (χ4v) is 7.12. The highest BCUT2D eigenvalue weighted by Crippen LogP contribution is 2.42. The molecule has 0 aliphatic carbocycles. The van der Waals surface area contributed by atoms with Gasteiger partial charge in [-0.2, -0.15) is 0 Å². The number of ether oxygens (including phenoxy) is 2.